The van der Waals surface area contributed by atoms with Gasteiger partial charge in [-0.1, -0.05) is 80.1 Å². The first-order valence-corrected chi connectivity index (χ1v) is 12.8. The lowest BCUT2D eigenvalue weighted by molar-refractivity contribution is -0.145. The van der Waals surface area contributed by atoms with Crippen molar-refractivity contribution in [3.8, 4) is 0 Å². The Labute approximate surface area is 187 Å². The standard InChI is InChI=1S/C26H51NO3/c1-7-11-15-23(9-3)19-27(20-24(10-4)16-12-8-2)25(28)17-13-14-18-26(29)30-21-22(5)6/h22-24H,7-21H2,1-6H3. The maximum Gasteiger partial charge on any atom is 0.305 e. The van der Waals surface area contributed by atoms with Crippen LogP contribution in [0.15, 0.2) is 0 Å². The Bertz CT molecular complexity index is 418. The van der Waals surface area contributed by atoms with Gasteiger partial charge in [0.15, 0.2) is 0 Å². The molecule has 0 spiro atoms. The van der Waals surface area contributed by atoms with E-state index in [0.29, 0.717) is 37.2 Å². The van der Waals surface area contributed by atoms with Gasteiger partial charge in [-0.2, -0.15) is 0 Å². The monoisotopic (exact) mass is 425 g/mol. The van der Waals surface area contributed by atoms with Crippen LogP contribution >= 0.6 is 0 Å². The first-order valence-electron chi connectivity index (χ1n) is 12.8. The molecule has 0 saturated carbocycles. The molecule has 0 aromatic carbocycles. The van der Waals surface area contributed by atoms with Crippen LogP contribution in [0.25, 0.3) is 0 Å². The van der Waals surface area contributed by atoms with Gasteiger partial charge in [0.25, 0.3) is 0 Å². The molecular weight excluding hydrogens is 374 g/mol. The molecule has 0 rings (SSSR count). The number of amides is 1. The molecule has 0 aliphatic rings. The molecule has 4 nitrogen and oxygen atoms in total. The van der Waals surface area contributed by atoms with E-state index < -0.39 is 0 Å². The highest BCUT2D eigenvalue weighted by molar-refractivity contribution is 5.76. The predicted molar refractivity (Wildman–Crippen MR) is 127 cm³/mol. The van der Waals surface area contributed by atoms with E-state index in [1.165, 1.54) is 38.5 Å². The summed E-state index contributed by atoms with van der Waals surface area (Å²) in [7, 11) is 0. The Kier molecular flexibility index (Phi) is 18.0. The third-order valence-corrected chi connectivity index (χ3v) is 6.00. The van der Waals surface area contributed by atoms with E-state index in [0.717, 1.165) is 38.8 Å². The van der Waals surface area contributed by atoms with Gasteiger partial charge in [-0.05, 0) is 43.4 Å². The van der Waals surface area contributed by atoms with Crippen molar-refractivity contribution in [2.75, 3.05) is 19.7 Å². The van der Waals surface area contributed by atoms with Crippen LogP contribution in [0.4, 0.5) is 0 Å². The molecule has 0 radical (unpaired) electrons. The Hall–Kier alpha value is -1.06. The number of hydrogen-bond donors (Lipinski definition) is 0. The number of carbonyl (C=O) groups is 2. The summed E-state index contributed by atoms with van der Waals surface area (Å²) in [6.07, 6.45) is 12.1. The van der Waals surface area contributed by atoms with Gasteiger partial charge in [-0.15, -0.1) is 0 Å². The normalized spacial score (nSPS) is 13.3. The van der Waals surface area contributed by atoms with Gasteiger partial charge in [0.05, 0.1) is 6.61 Å². The molecule has 0 saturated heterocycles. The molecule has 0 aliphatic carbocycles. The molecule has 0 bridgehead atoms. The minimum absolute atomic E-state index is 0.135. The average Bonchev–Trinajstić information content (AvgIpc) is 2.73. The lowest BCUT2D eigenvalue weighted by Crippen LogP contribution is -2.38. The van der Waals surface area contributed by atoms with Crippen molar-refractivity contribution in [2.45, 2.75) is 119 Å². The number of carbonyl (C=O) groups excluding carboxylic acids is 2. The molecule has 2 unspecified atom stereocenters. The third kappa shape index (κ3) is 14.8. The van der Waals surface area contributed by atoms with Crippen molar-refractivity contribution in [1.82, 2.24) is 4.90 Å². The quantitative estimate of drug-likeness (QED) is 0.165. The zero-order chi connectivity index (χ0) is 22.8. The SMILES string of the molecule is CCCCC(CC)CN(CC(CC)CCCC)C(=O)CCCCC(=O)OCC(C)C. The highest BCUT2D eigenvalue weighted by Crippen LogP contribution is 2.20. The highest BCUT2D eigenvalue weighted by atomic mass is 16.5. The first-order chi connectivity index (χ1) is 14.4. The van der Waals surface area contributed by atoms with Gasteiger partial charge < -0.3 is 9.64 Å². The molecule has 1 amide bonds. The summed E-state index contributed by atoms with van der Waals surface area (Å²) in [6.45, 7) is 15.3. The van der Waals surface area contributed by atoms with Crippen molar-refractivity contribution in [1.29, 1.82) is 0 Å². The average molecular weight is 426 g/mol. The Morgan fingerprint density at radius 1 is 0.767 bits per heavy atom. The van der Waals surface area contributed by atoms with Gasteiger partial charge in [0, 0.05) is 25.9 Å². The molecule has 0 aromatic heterocycles. The summed E-state index contributed by atoms with van der Waals surface area (Å²) in [5.74, 6) is 1.70. The highest BCUT2D eigenvalue weighted by Gasteiger charge is 2.21. The number of esters is 1. The van der Waals surface area contributed by atoms with Gasteiger partial charge >= 0.3 is 5.97 Å². The number of rotatable bonds is 19. The molecule has 2 atom stereocenters. The summed E-state index contributed by atoms with van der Waals surface area (Å²) in [4.78, 5) is 27.0. The van der Waals surface area contributed by atoms with Crippen molar-refractivity contribution >= 4 is 11.9 Å². The molecule has 178 valence electrons. The van der Waals surface area contributed by atoms with Crippen molar-refractivity contribution in [3.63, 3.8) is 0 Å². The van der Waals surface area contributed by atoms with E-state index in [4.69, 9.17) is 4.74 Å². The maximum absolute atomic E-state index is 13.1. The second kappa shape index (κ2) is 18.7. The van der Waals surface area contributed by atoms with Gasteiger partial charge in [-0.3, -0.25) is 9.59 Å². The van der Waals surface area contributed by atoms with Gasteiger partial charge in [0.2, 0.25) is 5.91 Å². The van der Waals surface area contributed by atoms with E-state index in [1.54, 1.807) is 0 Å². The Morgan fingerprint density at radius 3 is 1.70 bits per heavy atom. The van der Waals surface area contributed by atoms with Crippen molar-refractivity contribution in [2.24, 2.45) is 17.8 Å². The Balaban J connectivity index is 4.69. The van der Waals surface area contributed by atoms with Crippen LogP contribution in [0.5, 0.6) is 0 Å². The minimum Gasteiger partial charge on any atom is -0.465 e. The van der Waals surface area contributed by atoms with Crippen LogP contribution in [-0.4, -0.2) is 36.5 Å². The number of hydrogen-bond acceptors (Lipinski definition) is 3. The van der Waals surface area contributed by atoms with Crippen LogP contribution in [0.1, 0.15) is 119 Å². The summed E-state index contributed by atoms with van der Waals surface area (Å²) < 4.78 is 5.23. The van der Waals surface area contributed by atoms with Crippen LogP contribution in [-0.2, 0) is 14.3 Å². The number of nitrogens with zero attached hydrogens (tertiary/aromatic N) is 1. The fourth-order valence-electron chi connectivity index (χ4n) is 3.77. The van der Waals surface area contributed by atoms with E-state index in [-0.39, 0.29) is 11.9 Å². The van der Waals surface area contributed by atoms with E-state index in [2.05, 4.69) is 32.6 Å². The molecule has 30 heavy (non-hydrogen) atoms. The second-order valence-corrected chi connectivity index (χ2v) is 9.42. The third-order valence-electron chi connectivity index (χ3n) is 6.00. The fraction of sp³-hybridized carbons (Fsp3) is 0.923. The molecular formula is C26H51NO3. The molecule has 4 heteroatoms. The minimum atomic E-state index is -0.135. The lowest BCUT2D eigenvalue weighted by Gasteiger charge is -2.31. The van der Waals surface area contributed by atoms with E-state index >= 15 is 0 Å². The number of ether oxygens (including phenoxy) is 1. The van der Waals surface area contributed by atoms with E-state index in [1.807, 2.05) is 13.8 Å². The van der Waals surface area contributed by atoms with Crippen LogP contribution in [0.2, 0.25) is 0 Å². The molecule has 0 aliphatic heterocycles. The summed E-state index contributed by atoms with van der Waals surface area (Å²) in [5, 5.41) is 0. The fourth-order valence-corrected chi connectivity index (χ4v) is 3.77. The largest absolute Gasteiger partial charge is 0.465 e. The molecule has 0 fully saturated rings. The van der Waals surface area contributed by atoms with Gasteiger partial charge in [0.1, 0.15) is 0 Å². The molecule has 0 N–H and O–H groups in total. The summed E-state index contributed by atoms with van der Waals surface area (Å²) in [5.41, 5.74) is 0. The predicted octanol–water partition coefficient (Wildman–Crippen LogP) is 7.01. The van der Waals surface area contributed by atoms with Gasteiger partial charge in [-0.25, -0.2) is 0 Å². The summed E-state index contributed by atoms with van der Waals surface area (Å²) in [6, 6.07) is 0. The maximum atomic E-state index is 13.1. The smallest absolute Gasteiger partial charge is 0.305 e. The first kappa shape index (κ1) is 28.9. The molecule has 0 heterocycles. The second-order valence-electron chi connectivity index (χ2n) is 9.42. The zero-order valence-corrected chi connectivity index (χ0v) is 21.0. The van der Waals surface area contributed by atoms with Crippen LogP contribution < -0.4 is 0 Å². The Morgan fingerprint density at radius 2 is 1.27 bits per heavy atom. The lowest BCUT2D eigenvalue weighted by atomic mass is 9.95. The zero-order valence-electron chi connectivity index (χ0n) is 21.0. The topological polar surface area (TPSA) is 46.6 Å². The van der Waals surface area contributed by atoms with Crippen LogP contribution in [0, 0.1) is 17.8 Å². The van der Waals surface area contributed by atoms with Crippen molar-refractivity contribution in [3.05, 3.63) is 0 Å². The van der Waals surface area contributed by atoms with Crippen molar-refractivity contribution < 1.29 is 14.3 Å². The summed E-state index contributed by atoms with van der Waals surface area (Å²) >= 11 is 0. The molecule has 0 aromatic rings. The number of unbranched alkanes of at least 4 members (excludes halogenated alkanes) is 3. The van der Waals surface area contributed by atoms with E-state index in [9.17, 15) is 9.59 Å². The van der Waals surface area contributed by atoms with Crippen LogP contribution in [0.3, 0.4) is 0 Å².